The van der Waals surface area contributed by atoms with E-state index in [2.05, 4.69) is 15.9 Å². The zero-order valence-corrected chi connectivity index (χ0v) is 7.67. The number of hydrogen-bond donors (Lipinski definition) is 0. The third-order valence-electron chi connectivity index (χ3n) is 1.43. The summed E-state index contributed by atoms with van der Waals surface area (Å²) in [6.07, 6.45) is 0.278. The molecule has 0 radical (unpaired) electrons. The van der Waals surface area contributed by atoms with E-state index in [4.69, 9.17) is 0 Å². The van der Waals surface area contributed by atoms with Gasteiger partial charge in [-0.1, -0.05) is 15.9 Å². The lowest BCUT2D eigenvalue weighted by Gasteiger charge is -2.01. The molecule has 0 N–H and O–H groups in total. The summed E-state index contributed by atoms with van der Waals surface area (Å²) in [5.41, 5.74) is 0.0596. The van der Waals surface area contributed by atoms with Crippen molar-refractivity contribution in [2.45, 2.75) is 6.42 Å². The molecule has 0 aromatic heterocycles. The maximum Gasteiger partial charge on any atom is 0.162 e. The summed E-state index contributed by atoms with van der Waals surface area (Å²) in [6, 6.07) is 1.53. The zero-order chi connectivity index (χ0) is 9.14. The van der Waals surface area contributed by atoms with E-state index in [1.54, 1.807) is 0 Å². The van der Waals surface area contributed by atoms with Crippen LogP contribution < -0.4 is 0 Å². The Morgan fingerprint density at radius 3 is 2.42 bits per heavy atom. The molecule has 0 aliphatic rings. The number of hydrogen-bond acceptors (Lipinski definition) is 0. The van der Waals surface area contributed by atoms with Gasteiger partial charge in [-0.2, -0.15) is 0 Å². The second kappa shape index (κ2) is 3.94. The molecule has 1 aromatic rings. The van der Waals surface area contributed by atoms with Gasteiger partial charge in [-0.05, 0) is 18.1 Å². The van der Waals surface area contributed by atoms with Gasteiger partial charge in [-0.25, -0.2) is 13.2 Å². The molecule has 1 aromatic carbocycles. The second-order valence-electron chi connectivity index (χ2n) is 2.30. The average Bonchev–Trinajstić information content (AvgIpc) is 2.00. The van der Waals surface area contributed by atoms with Gasteiger partial charge in [0.05, 0.1) is 0 Å². The summed E-state index contributed by atoms with van der Waals surface area (Å²) in [6.45, 7) is 0. The fourth-order valence-corrected chi connectivity index (χ4v) is 1.32. The van der Waals surface area contributed by atoms with E-state index in [1.165, 1.54) is 0 Å². The highest BCUT2D eigenvalue weighted by atomic mass is 79.9. The van der Waals surface area contributed by atoms with Crippen molar-refractivity contribution in [3.05, 3.63) is 35.1 Å². The highest BCUT2D eigenvalue weighted by molar-refractivity contribution is 9.09. The minimum atomic E-state index is -1.13. The molecule has 1 rings (SSSR count). The molecule has 0 aliphatic heterocycles. The Labute approximate surface area is 76.5 Å². The van der Waals surface area contributed by atoms with Crippen LogP contribution in [0, 0.1) is 17.5 Å². The summed E-state index contributed by atoms with van der Waals surface area (Å²) in [5.74, 6) is -2.84. The highest BCUT2D eigenvalue weighted by Crippen LogP contribution is 2.15. The molecular weight excluding hydrogens is 233 g/mol. The first-order valence-electron chi connectivity index (χ1n) is 3.34. The second-order valence-corrected chi connectivity index (χ2v) is 3.09. The molecule has 0 atom stereocenters. The van der Waals surface area contributed by atoms with E-state index in [0.29, 0.717) is 11.4 Å². The lowest BCUT2D eigenvalue weighted by atomic mass is 10.1. The van der Waals surface area contributed by atoms with Crippen LogP contribution in [0.5, 0.6) is 0 Å². The van der Waals surface area contributed by atoms with Gasteiger partial charge in [0.1, 0.15) is 5.82 Å². The van der Waals surface area contributed by atoms with Gasteiger partial charge in [-0.3, -0.25) is 0 Å². The van der Waals surface area contributed by atoms with Crippen molar-refractivity contribution in [2.75, 3.05) is 5.33 Å². The van der Waals surface area contributed by atoms with Gasteiger partial charge in [0, 0.05) is 11.4 Å². The zero-order valence-electron chi connectivity index (χ0n) is 6.08. The summed E-state index contributed by atoms with van der Waals surface area (Å²) in [5, 5.41) is 0.479. The quantitative estimate of drug-likeness (QED) is 0.549. The Balaban J connectivity index is 3.09. The lowest BCUT2D eigenvalue weighted by Crippen LogP contribution is -1.96. The molecule has 0 fully saturated rings. The van der Waals surface area contributed by atoms with E-state index in [9.17, 15) is 13.2 Å². The van der Waals surface area contributed by atoms with Crippen molar-refractivity contribution >= 4 is 15.9 Å². The summed E-state index contributed by atoms with van der Waals surface area (Å²) in [7, 11) is 0. The van der Waals surface area contributed by atoms with Gasteiger partial charge in [0.25, 0.3) is 0 Å². The molecule has 12 heavy (non-hydrogen) atoms. The fraction of sp³-hybridized carbons (Fsp3) is 0.250. The molecule has 0 amide bonds. The maximum atomic E-state index is 12.8. The maximum absolute atomic E-state index is 12.8. The number of aryl methyl sites for hydroxylation is 1. The highest BCUT2D eigenvalue weighted by Gasteiger charge is 2.09. The van der Waals surface area contributed by atoms with E-state index in [1.807, 2.05) is 0 Å². The van der Waals surface area contributed by atoms with Crippen LogP contribution in [0.3, 0.4) is 0 Å². The predicted octanol–water partition coefficient (Wildman–Crippen LogP) is 3.04. The van der Waals surface area contributed by atoms with Crippen LogP contribution in [0.4, 0.5) is 13.2 Å². The van der Waals surface area contributed by atoms with E-state index >= 15 is 0 Å². The van der Waals surface area contributed by atoms with Gasteiger partial charge < -0.3 is 0 Å². The van der Waals surface area contributed by atoms with E-state index in [-0.39, 0.29) is 12.0 Å². The van der Waals surface area contributed by atoms with Crippen LogP contribution in [0.1, 0.15) is 5.56 Å². The number of alkyl halides is 1. The van der Waals surface area contributed by atoms with Crippen LogP contribution >= 0.6 is 15.9 Å². The first-order valence-corrected chi connectivity index (χ1v) is 4.46. The number of rotatable bonds is 2. The minimum absolute atomic E-state index is 0.0596. The lowest BCUT2D eigenvalue weighted by molar-refractivity contribution is 0.486. The SMILES string of the molecule is Fc1cc(F)c(F)c(CCBr)c1. The van der Waals surface area contributed by atoms with Gasteiger partial charge in [0.2, 0.25) is 0 Å². The van der Waals surface area contributed by atoms with Crippen LogP contribution in [-0.4, -0.2) is 5.33 Å². The number of benzene rings is 1. The minimum Gasteiger partial charge on any atom is -0.207 e. The molecule has 0 bridgehead atoms. The monoisotopic (exact) mass is 238 g/mol. The first kappa shape index (κ1) is 9.58. The number of halogens is 4. The molecule has 0 unspecified atom stereocenters. The molecule has 4 heteroatoms. The molecule has 0 heterocycles. The standard InChI is InChI=1S/C8H6BrF3/c9-2-1-5-3-6(10)4-7(11)8(5)12/h3-4H,1-2H2. The van der Waals surface area contributed by atoms with Crippen LogP contribution in [-0.2, 0) is 6.42 Å². The Hall–Kier alpha value is -0.510. The molecular formula is C8H6BrF3. The Bertz CT molecular complexity index is 286. The van der Waals surface area contributed by atoms with Gasteiger partial charge in [-0.15, -0.1) is 0 Å². The van der Waals surface area contributed by atoms with Crippen LogP contribution in [0.15, 0.2) is 12.1 Å². The fourth-order valence-electron chi connectivity index (χ4n) is 0.893. The third kappa shape index (κ3) is 2.00. The Kier molecular flexibility index (Phi) is 3.14. The van der Waals surface area contributed by atoms with Crippen molar-refractivity contribution < 1.29 is 13.2 Å². The third-order valence-corrected chi connectivity index (χ3v) is 1.83. The molecule has 0 saturated heterocycles. The van der Waals surface area contributed by atoms with Gasteiger partial charge >= 0.3 is 0 Å². The molecule has 0 aliphatic carbocycles. The summed E-state index contributed by atoms with van der Waals surface area (Å²) >= 11 is 3.06. The summed E-state index contributed by atoms with van der Waals surface area (Å²) < 4.78 is 37.8. The normalized spacial score (nSPS) is 10.3. The summed E-state index contributed by atoms with van der Waals surface area (Å²) in [4.78, 5) is 0. The molecule has 0 nitrogen and oxygen atoms in total. The van der Waals surface area contributed by atoms with Crippen molar-refractivity contribution in [3.63, 3.8) is 0 Å². The first-order chi connectivity index (χ1) is 5.65. The Morgan fingerprint density at radius 2 is 1.83 bits per heavy atom. The van der Waals surface area contributed by atoms with E-state index < -0.39 is 17.5 Å². The van der Waals surface area contributed by atoms with E-state index in [0.717, 1.165) is 6.07 Å². The topological polar surface area (TPSA) is 0 Å². The predicted molar refractivity (Wildman–Crippen MR) is 43.8 cm³/mol. The average molecular weight is 239 g/mol. The molecule has 0 spiro atoms. The molecule has 0 saturated carbocycles. The van der Waals surface area contributed by atoms with Crippen LogP contribution in [0.2, 0.25) is 0 Å². The van der Waals surface area contributed by atoms with Crippen molar-refractivity contribution in [2.24, 2.45) is 0 Å². The van der Waals surface area contributed by atoms with Crippen molar-refractivity contribution in [3.8, 4) is 0 Å². The molecule has 66 valence electrons. The Morgan fingerprint density at radius 1 is 1.17 bits per heavy atom. The van der Waals surface area contributed by atoms with Crippen molar-refractivity contribution in [1.29, 1.82) is 0 Å². The van der Waals surface area contributed by atoms with Gasteiger partial charge in [0.15, 0.2) is 11.6 Å². The smallest absolute Gasteiger partial charge is 0.162 e. The largest absolute Gasteiger partial charge is 0.207 e. The van der Waals surface area contributed by atoms with Crippen LogP contribution in [0.25, 0.3) is 0 Å². The van der Waals surface area contributed by atoms with Crippen molar-refractivity contribution in [1.82, 2.24) is 0 Å².